The Balaban J connectivity index is 1.67. The molecule has 0 saturated carbocycles. The van der Waals surface area contributed by atoms with Gasteiger partial charge in [0.25, 0.3) is 11.8 Å². The van der Waals surface area contributed by atoms with E-state index in [1.807, 2.05) is 0 Å². The molecule has 10 nitrogen and oxygen atoms in total. The lowest BCUT2D eigenvalue weighted by Crippen LogP contribution is -2.39. The fraction of sp³-hybridized carbons (Fsp3) is 0.190. The number of benzene rings is 2. The fourth-order valence-electron chi connectivity index (χ4n) is 2.94. The molecule has 0 fully saturated rings. The summed E-state index contributed by atoms with van der Waals surface area (Å²) in [6, 6.07) is 10.3. The number of methoxy groups -OCH3 is 1. The minimum atomic E-state index is -0.887. The van der Waals surface area contributed by atoms with Crippen LogP contribution in [0.1, 0.15) is 16.8 Å². The third-order valence-corrected chi connectivity index (χ3v) is 4.62. The van der Waals surface area contributed by atoms with Crippen LogP contribution in [0.15, 0.2) is 53.6 Å². The number of nitrogens with zero attached hydrogens (tertiary/aromatic N) is 2. The molecular weight excluding hydrogens is 421 g/mol. The first-order valence-electron chi connectivity index (χ1n) is 9.46. The van der Waals surface area contributed by atoms with E-state index in [4.69, 9.17) is 5.73 Å². The molecule has 0 bridgehead atoms. The van der Waals surface area contributed by atoms with Crippen molar-refractivity contribution < 1.29 is 28.3 Å². The quantitative estimate of drug-likeness (QED) is 0.542. The summed E-state index contributed by atoms with van der Waals surface area (Å²) in [5.74, 6) is -2.74. The van der Waals surface area contributed by atoms with E-state index in [-0.39, 0.29) is 24.2 Å². The van der Waals surface area contributed by atoms with Gasteiger partial charge in [-0.15, -0.1) is 0 Å². The molecule has 11 heteroatoms. The Morgan fingerprint density at radius 1 is 1.09 bits per heavy atom. The predicted octanol–water partition coefficient (Wildman–Crippen LogP) is 0.787. The van der Waals surface area contributed by atoms with E-state index in [0.717, 1.165) is 0 Å². The summed E-state index contributed by atoms with van der Waals surface area (Å²) in [5, 5.41) is 10.5. The SMILES string of the molecule is COC(=O)CNC(=O)c1ccc(NC(=O)C2=NN(c3ccc(F)cc3)C(C(N)=O)C2)cc1. The van der Waals surface area contributed by atoms with Crippen LogP contribution in [0.5, 0.6) is 0 Å². The first-order chi connectivity index (χ1) is 15.3. The number of hydrogen-bond acceptors (Lipinski definition) is 7. The Hall–Kier alpha value is -4.28. The van der Waals surface area contributed by atoms with Gasteiger partial charge >= 0.3 is 5.97 Å². The van der Waals surface area contributed by atoms with E-state index in [0.29, 0.717) is 11.4 Å². The lowest BCUT2D eigenvalue weighted by molar-refractivity contribution is -0.139. The van der Waals surface area contributed by atoms with Gasteiger partial charge in [-0.05, 0) is 48.5 Å². The number of nitrogens with one attached hydrogen (secondary N) is 2. The first-order valence-corrected chi connectivity index (χ1v) is 9.46. The lowest BCUT2D eigenvalue weighted by atomic mass is 10.1. The Labute approximate surface area is 182 Å². The van der Waals surface area contributed by atoms with Gasteiger partial charge in [0, 0.05) is 17.7 Å². The summed E-state index contributed by atoms with van der Waals surface area (Å²) in [5.41, 5.74) is 6.59. The molecule has 32 heavy (non-hydrogen) atoms. The zero-order valence-corrected chi connectivity index (χ0v) is 17.0. The zero-order valence-electron chi connectivity index (χ0n) is 17.0. The van der Waals surface area contributed by atoms with Gasteiger partial charge in [0.05, 0.1) is 12.8 Å². The van der Waals surface area contributed by atoms with Gasteiger partial charge in [0.2, 0.25) is 5.91 Å². The number of rotatable bonds is 7. The molecule has 1 unspecified atom stereocenters. The number of carbonyl (C=O) groups is 4. The number of esters is 1. The molecule has 1 aliphatic heterocycles. The van der Waals surface area contributed by atoms with Crippen molar-refractivity contribution in [1.29, 1.82) is 0 Å². The molecule has 2 aromatic carbocycles. The average molecular weight is 441 g/mol. The van der Waals surface area contributed by atoms with Crippen LogP contribution in [0, 0.1) is 5.82 Å². The number of hydrogen-bond donors (Lipinski definition) is 3. The molecule has 0 radical (unpaired) electrons. The van der Waals surface area contributed by atoms with Gasteiger partial charge in [-0.2, -0.15) is 5.10 Å². The molecular formula is C21H20FN5O5. The molecule has 1 atom stereocenters. The summed E-state index contributed by atoms with van der Waals surface area (Å²) in [4.78, 5) is 47.6. The van der Waals surface area contributed by atoms with Crippen molar-refractivity contribution in [3.05, 3.63) is 59.9 Å². The minimum Gasteiger partial charge on any atom is -0.468 e. The molecule has 1 heterocycles. The second-order valence-electron chi connectivity index (χ2n) is 6.78. The average Bonchev–Trinajstić information content (AvgIpc) is 3.24. The molecule has 0 saturated heterocycles. The van der Waals surface area contributed by atoms with E-state index < -0.39 is 35.5 Å². The van der Waals surface area contributed by atoms with Crippen molar-refractivity contribution in [2.24, 2.45) is 10.8 Å². The molecule has 0 aliphatic carbocycles. The van der Waals surface area contributed by atoms with Gasteiger partial charge in [0.1, 0.15) is 24.1 Å². The van der Waals surface area contributed by atoms with E-state index in [2.05, 4.69) is 20.5 Å². The number of halogens is 1. The van der Waals surface area contributed by atoms with E-state index in [1.54, 1.807) is 0 Å². The number of carbonyl (C=O) groups excluding carboxylic acids is 4. The first kappa shape index (κ1) is 22.4. The summed E-state index contributed by atoms with van der Waals surface area (Å²) >= 11 is 0. The summed E-state index contributed by atoms with van der Waals surface area (Å²) < 4.78 is 17.6. The smallest absolute Gasteiger partial charge is 0.325 e. The summed E-state index contributed by atoms with van der Waals surface area (Å²) in [7, 11) is 1.21. The monoisotopic (exact) mass is 441 g/mol. The van der Waals surface area contributed by atoms with Crippen molar-refractivity contribution in [3.63, 3.8) is 0 Å². The van der Waals surface area contributed by atoms with Gasteiger partial charge in [-0.25, -0.2) is 4.39 Å². The van der Waals surface area contributed by atoms with Crippen LogP contribution in [0.2, 0.25) is 0 Å². The number of nitrogens with two attached hydrogens (primary N) is 1. The molecule has 4 N–H and O–H groups in total. The summed E-state index contributed by atoms with van der Waals surface area (Å²) in [6.07, 6.45) is -0.0213. The number of hydrazone groups is 1. The van der Waals surface area contributed by atoms with Crippen LogP contribution in [-0.4, -0.2) is 49.1 Å². The molecule has 3 rings (SSSR count). The van der Waals surface area contributed by atoms with Crippen LogP contribution < -0.4 is 21.4 Å². The Kier molecular flexibility index (Phi) is 6.78. The highest BCUT2D eigenvalue weighted by molar-refractivity contribution is 6.44. The van der Waals surface area contributed by atoms with Crippen LogP contribution in [0.25, 0.3) is 0 Å². The maximum Gasteiger partial charge on any atom is 0.325 e. The van der Waals surface area contributed by atoms with Crippen molar-refractivity contribution in [2.45, 2.75) is 12.5 Å². The van der Waals surface area contributed by atoms with Crippen LogP contribution in [-0.2, 0) is 19.1 Å². The number of ether oxygens (including phenoxy) is 1. The maximum absolute atomic E-state index is 13.2. The largest absolute Gasteiger partial charge is 0.468 e. The van der Waals surface area contributed by atoms with Crippen molar-refractivity contribution in [1.82, 2.24) is 5.32 Å². The van der Waals surface area contributed by atoms with Crippen LogP contribution in [0.3, 0.4) is 0 Å². The van der Waals surface area contributed by atoms with Gasteiger partial charge < -0.3 is 21.1 Å². The molecule has 1 aliphatic rings. The Bertz CT molecular complexity index is 1070. The second-order valence-corrected chi connectivity index (χ2v) is 6.78. The zero-order chi connectivity index (χ0) is 23.3. The highest BCUT2D eigenvalue weighted by atomic mass is 19.1. The standard InChI is InChI=1S/C21H20FN5O5/c1-32-18(28)11-24-20(30)12-2-6-14(7-3-12)25-21(31)16-10-17(19(23)29)27(26-16)15-8-4-13(22)5-9-15/h2-9,17H,10-11H2,1H3,(H2,23,29)(H,24,30)(H,25,31). The predicted molar refractivity (Wildman–Crippen MR) is 113 cm³/mol. The molecule has 0 spiro atoms. The highest BCUT2D eigenvalue weighted by Crippen LogP contribution is 2.25. The summed E-state index contributed by atoms with van der Waals surface area (Å²) in [6.45, 7) is -0.265. The van der Waals surface area contributed by atoms with Crippen molar-refractivity contribution in [2.75, 3.05) is 24.0 Å². The second kappa shape index (κ2) is 9.69. The third kappa shape index (κ3) is 5.25. The maximum atomic E-state index is 13.2. The van der Waals surface area contributed by atoms with Crippen molar-refractivity contribution >= 4 is 40.8 Å². The third-order valence-electron chi connectivity index (χ3n) is 4.62. The molecule has 0 aromatic heterocycles. The van der Waals surface area contributed by atoms with Gasteiger partial charge in [-0.1, -0.05) is 0 Å². The Morgan fingerprint density at radius 3 is 2.34 bits per heavy atom. The topological polar surface area (TPSA) is 143 Å². The molecule has 3 amide bonds. The van der Waals surface area contributed by atoms with Crippen LogP contribution >= 0.6 is 0 Å². The lowest BCUT2D eigenvalue weighted by Gasteiger charge is -2.20. The number of primary amides is 1. The van der Waals surface area contributed by atoms with Gasteiger partial charge in [-0.3, -0.25) is 24.2 Å². The van der Waals surface area contributed by atoms with Gasteiger partial charge in [0.15, 0.2) is 0 Å². The Morgan fingerprint density at radius 2 is 1.75 bits per heavy atom. The van der Waals surface area contributed by atoms with E-state index in [1.165, 1.54) is 60.6 Å². The number of amides is 3. The fourth-order valence-corrected chi connectivity index (χ4v) is 2.94. The number of anilines is 2. The normalized spacial score (nSPS) is 15.0. The molecule has 2 aromatic rings. The van der Waals surface area contributed by atoms with E-state index in [9.17, 15) is 23.6 Å². The van der Waals surface area contributed by atoms with Crippen LogP contribution in [0.4, 0.5) is 15.8 Å². The highest BCUT2D eigenvalue weighted by Gasteiger charge is 2.35. The molecule has 166 valence electrons. The van der Waals surface area contributed by atoms with E-state index >= 15 is 0 Å². The van der Waals surface area contributed by atoms with Crippen molar-refractivity contribution in [3.8, 4) is 0 Å². The minimum absolute atomic E-state index is 0.0213.